The van der Waals surface area contributed by atoms with Crippen molar-refractivity contribution in [3.63, 3.8) is 0 Å². The van der Waals surface area contributed by atoms with Crippen LogP contribution in [-0.2, 0) is 19.8 Å². The Bertz CT molecular complexity index is 459. The van der Waals surface area contributed by atoms with E-state index in [-0.39, 0.29) is 19.8 Å². The molecular weight excluding hydrogens is 414 g/mol. The summed E-state index contributed by atoms with van der Waals surface area (Å²) in [5.74, 6) is 0. The minimum atomic E-state index is 0. The van der Waals surface area contributed by atoms with E-state index in [1.54, 1.807) is 0 Å². The third kappa shape index (κ3) is 2.93. The average Bonchev–Trinajstić information content (AvgIpc) is 2.98. The first-order valence-electron chi connectivity index (χ1n) is 5.82. The molecule has 2 aliphatic heterocycles. The Morgan fingerprint density at radius 3 is 1.68 bits per heavy atom. The van der Waals surface area contributed by atoms with Gasteiger partial charge in [0, 0.05) is 19.8 Å². The monoisotopic (exact) mass is 431 g/mol. The fraction of sp³-hybridized carbons (Fsp3) is 0.143. The van der Waals surface area contributed by atoms with E-state index in [4.69, 9.17) is 0 Å². The number of benzene rings is 1. The molecule has 0 spiro atoms. The van der Waals surface area contributed by atoms with E-state index < -0.39 is 0 Å². The number of nitrogens with zero attached hydrogens (tertiary/aromatic N) is 4. The van der Waals surface area contributed by atoms with Gasteiger partial charge in [-0.25, -0.2) is 0 Å². The molecule has 0 saturated carbocycles. The summed E-state index contributed by atoms with van der Waals surface area (Å²) < 4.78 is 0. The Morgan fingerprint density at radius 2 is 1.32 bits per heavy atom. The summed E-state index contributed by atoms with van der Waals surface area (Å²) >= 11 is 0. The summed E-state index contributed by atoms with van der Waals surface area (Å²) in [6.45, 7) is 4.04. The molecule has 0 amide bonds. The van der Waals surface area contributed by atoms with E-state index in [0.29, 0.717) is 0 Å². The fourth-order valence-corrected chi connectivity index (χ4v) is 1.93. The Hall–Kier alpha value is -1.46. The average molecular weight is 430 g/mol. The molecule has 3 rings (SSSR count). The predicted molar refractivity (Wildman–Crippen MR) is 72.6 cm³/mol. The smallest absolute Gasteiger partial charge is 0 e. The van der Waals surface area contributed by atoms with Crippen LogP contribution in [0.4, 0.5) is 11.4 Å². The Balaban J connectivity index is 0.00000133. The molecule has 0 aliphatic carbocycles. The molecule has 0 unspecified atom stereocenters. The van der Waals surface area contributed by atoms with Gasteiger partial charge < -0.3 is 19.6 Å². The molecule has 0 N–H and O–H groups in total. The van der Waals surface area contributed by atoms with E-state index >= 15 is 0 Å². The molecule has 2 aliphatic rings. The summed E-state index contributed by atoms with van der Waals surface area (Å²) in [5.41, 5.74) is 2.06. The molecular formula is C14H15N4Os-3. The standard InChI is InChI=1S/C14H15N4.Os/c1-15-6-8-17(11-15)13-4-3-5-14(10-13)18-9-7-16(2)12-18;/h3-9,11-12H,1-2H3;/q-3;. The van der Waals surface area contributed by atoms with E-state index in [9.17, 15) is 0 Å². The summed E-state index contributed by atoms with van der Waals surface area (Å²) in [6.07, 6.45) is 8.06. The van der Waals surface area contributed by atoms with Crippen LogP contribution in [-0.4, -0.2) is 23.9 Å². The van der Waals surface area contributed by atoms with Gasteiger partial charge >= 0.3 is 0 Å². The Labute approximate surface area is 127 Å². The molecule has 5 heteroatoms. The first kappa shape index (κ1) is 14.0. The van der Waals surface area contributed by atoms with E-state index in [1.807, 2.05) is 90.0 Å². The van der Waals surface area contributed by atoms with Crippen LogP contribution in [0.3, 0.4) is 0 Å². The van der Waals surface area contributed by atoms with Crippen LogP contribution in [0.15, 0.2) is 43.0 Å². The summed E-state index contributed by atoms with van der Waals surface area (Å²) in [5, 5.41) is 0. The minimum absolute atomic E-state index is 0. The SMILES string of the molecule is CN1C=CN(c2[c-]c(N3C=CN(C)[CH-]3)ccc2)[CH-]1.[Os]. The van der Waals surface area contributed by atoms with Crippen LogP contribution in [0, 0.1) is 19.4 Å². The number of anilines is 2. The molecule has 1 aromatic carbocycles. The van der Waals surface area contributed by atoms with Crippen molar-refractivity contribution in [2.75, 3.05) is 23.9 Å². The van der Waals surface area contributed by atoms with E-state index in [1.165, 1.54) is 0 Å². The van der Waals surface area contributed by atoms with Crippen LogP contribution in [0.5, 0.6) is 0 Å². The van der Waals surface area contributed by atoms with Crippen LogP contribution < -0.4 is 9.80 Å². The Kier molecular flexibility index (Phi) is 4.16. The zero-order valence-electron chi connectivity index (χ0n) is 10.8. The van der Waals surface area contributed by atoms with Gasteiger partial charge in [0.25, 0.3) is 0 Å². The number of hydrogen-bond acceptors (Lipinski definition) is 4. The summed E-state index contributed by atoms with van der Waals surface area (Å²) in [6, 6.07) is 9.54. The summed E-state index contributed by atoms with van der Waals surface area (Å²) in [4.78, 5) is 8.12. The zero-order valence-corrected chi connectivity index (χ0v) is 13.4. The quantitative estimate of drug-likeness (QED) is 0.668. The minimum Gasteiger partial charge on any atom is -0.510 e. The number of rotatable bonds is 2. The van der Waals surface area contributed by atoms with Crippen molar-refractivity contribution >= 4 is 11.4 Å². The zero-order chi connectivity index (χ0) is 12.5. The maximum Gasteiger partial charge on any atom is 0 e. The molecule has 102 valence electrons. The van der Waals surface area contributed by atoms with E-state index in [0.717, 1.165) is 11.4 Å². The van der Waals surface area contributed by atoms with Crippen molar-refractivity contribution in [1.82, 2.24) is 9.80 Å². The Morgan fingerprint density at radius 1 is 0.842 bits per heavy atom. The van der Waals surface area contributed by atoms with Crippen LogP contribution in [0.1, 0.15) is 0 Å². The normalized spacial score (nSPS) is 17.4. The first-order chi connectivity index (χ1) is 8.72. The third-order valence-electron chi connectivity index (χ3n) is 2.86. The summed E-state index contributed by atoms with van der Waals surface area (Å²) in [7, 11) is 4.01. The van der Waals surface area contributed by atoms with Crippen molar-refractivity contribution in [3.05, 3.63) is 62.4 Å². The molecule has 0 bridgehead atoms. The van der Waals surface area contributed by atoms with Gasteiger partial charge in [0.1, 0.15) is 0 Å². The van der Waals surface area contributed by atoms with Gasteiger partial charge in [-0.3, -0.25) is 0 Å². The van der Waals surface area contributed by atoms with Crippen molar-refractivity contribution in [1.29, 1.82) is 0 Å². The van der Waals surface area contributed by atoms with Gasteiger partial charge in [-0.1, -0.05) is 0 Å². The molecule has 1 aromatic rings. The predicted octanol–water partition coefficient (Wildman–Crippen LogP) is 2.17. The molecule has 0 saturated heterocycles. The molecule has 0 radical (unpaired) electrons. The van der Waals surface area contributed by atoms with Gasteiger partial charge in [0.15, 0.2) is 0 Å². The molecule has 4 nitrogen and oxygen atoms in total. The van der Waals surface area contributed by atoms with Crippen molar-refractivity contribution in [3.8, 4) is 0 Å². The van der Waals surface area contributed by atoms with Crippen LogP contribution in [0.2, 0.25) is 0 Å². The maximum absolute atomic E-state index is 3.40. The van der Waals surface area contributed by atoms with Gasteiger partial charge in [0.05, 0.1) is 0 Å². The largest absolute Gasteiger partial charge is 0.510 e. The van der Waals surface area contributed by atoms with Crippen LogP contribution >= 0.6 is 0 Å². The molecule has 0 fully saturated rings. The molecule has 2 heterocycles. The van der Waals surface area contributed by atoms with Crippen molar-refractivity contribution in [2.24, 2.45) is 0 Å². The molecule has 19 heavy (non-hydrogen) atoms. The van der Waals surface area contributed by atoms with Crippen LogP contribution in [0.25, 0.3) is 0 Å². The van der Waals surface area contributed by atoms with Gasteiger partial charge in [0.2, 0.25) is 0 Å². The number of hydrogen-bond donors (Lipinski definition) is 0. The fourth-order valence-electron chi connectivity index (χ4n) is 1.93. The molecule has 0 aromatic heterocycles. The topological polar surface area (TPSA) is 13.0 Å². The molecule has 0 atom stereocenters. The second-order valence-electron chi connectivity index (χ2n) is 4.39. The van der Waals surface area contributed by atoms with Gasteiger partial charge in [-0.2, -0.15) is 19.4 Å². The second-order valence-corrected chi connectivity index (χ2v) is 4.39. The van der Waals surface area contributed by atoms with Crippen molar-refractivity contribution < 1.29 is 19.8 Å². The van der Waals surface area contributed by atoms with E-state index in [2.05, 4.69) is 6.07 Å². The van der Waals surface area contributed by atoms with Gasteiger partial charge in [-0.05, 0) is 38.9 Å². The third-order valence-corrected chi connectivity index (χ3v) is 2.86. The van der Waals surface area contributed by atoms with Crippen molar-refractivity contribution in [2.45, 2.75) is 0 Å². The van der Waals surface area contributed by atoms with Gasteiger partial charge in [-0.15, -0.1) is 29.6 Å². The maximum atomic E-state index is 3.40. The second kappa shape index (κ2) is 5.67. The first-order valence-corrected chi connectivity index (χ1v) is 5.82.